The number of benzene rings is 2. The summed E-state index contributed by atoms with van der Waals surface area (Å²) in [6, 6.07) is 4.89. The van der Waals surface area contributed by atoms with E-state index in [0.717, 1.165) is 30.3 Å². The molecule has 10 nitrogen and oxygen atoms in total. The van der Waals surface area contributed by atoms with Crippen molar-refractivity contribution < 1.29 is 54.2 Å². The van der Waals surface area contributed by atoms with Gasteiger partial charge in [0.1, 0.15) is 16.9 Å². The Bertz CT molecular complexity index is 935. The van der Waals surface area contributed by atoms with Crippen LogP contribution in [-0.4, -0.2) is 54.5 Å². The van der Waals surface area contributed by atoms with Gasteiger partial charge in [-0.25, -0.2) is 23.6 Å². The van der Waals surface area contributed by atoms with Crippen molar-refractivity contribution in [3.05, 3.63) is 58.4 Å². The summed E-state index contributed by atoms with van der Waals surface area (Å²) in [6.45, 7) is 0. The van der Waals surface area contributed by atoms with Crippen LogP contribution in [0.5, 0.6) is 11.5 Å². The number of aromatic hydroxyl groups is 2. The zero-order chi connectivity index (χ0) is 20.9. The van der Waals surface area contributed by atoms with Crippen molar-refractivity contribution in [3.8, 4) is 11.5 Å². The smallest absolute Gasteiger partial charge is 0.340 e. The van der Waals surface area contributed by atoms with Gasteiger partial charge in [0.25, 0.3) is 0 Å². The molecular weight excluding hydrogens is 371 g/mol. The van der Waals surface area contributed by atoms with Crippen LogP contribution in [0.2, 0.25) is 0 Å². The van der Waals surface area contributed by atoms with Gasteiger partial charge in [-0.2, -0.15) is 0 Å². The van der Waals surface area contributed by atoms with Crippen molar-refractivity contribution >= 4 is 23.9 Å². The predicted molar refractivity (Wildman–Crippen MR) is 84.0 cm³/mol. The van der Waals surface area contributed by atoms with Gasteiger partial charge < -0.3 is 30.6 Å². The van der Waals surface area contributed by atoms with E-state index in [4.69, 9.17) is 30.6 Å². The molecule has 2 aromatic carbocycles. The molecule has 0 aliphatic heterocycles. The summed E-state index contributed by atoms with van der Waals surface area (Å²) in [5.41, 5.74) is -2.76. The highest BCUT2D eigenvalue weighted by molar-refractivity contribution is 6.04. The number of hydrogen-bond acceptors (Lipinski definition) is 6. The van der Waals surface area contributed by atoms with Crippen LogP contribution >= 0.6 is 0 Å². The third-order valence-electron chi connectivity index (χ3n) is 3.06. The van der Waals surface area contributed by atoms with Crippen molar-refractivity contribution in [2.45, 2.75) is 0 Å². The van der Waals surface area contributed by atoms with Gasteiger partial charge in [0.2, 0.25) is 0 Å². The normalized spacial score (nSPS) is 9.67. The van der Waals surface area contributed by atoms with Gasteiger partial charge in [0.15, 0.2) is 11.5 Å². The summed E-state index contributed by atoms with van der Waals surface area (Å²) in [4.78, 5) is 42.0. The van der Waals surface area contributed by atoms with E-state index < -0.39 is 63.4 Å². The molecule has 11 heteroatoms. The van der Waals surface area contributed by atoms with Crippen LogP contribution in [0, 0.1) is 5.82 Å². The van der Waals surface area contributed by atoms with E-state index in [9.17, 15) is 23.6 Å². The maximum atomic E-state index is 12.8. The second kappa shape index (κ2) is 8.29. The number of rotatable bonds is 4. The molecule has 0 bridgehead atoms. The fourth-order valence-corrected chi connectivity index (χ4v) is 1.89. The maximum Gasteiger partial charge on any atom is 0.340 e. The highest BCUT2D eigenvalue weighted by atomic mass is 19.1. The number of carboxylic acid groups (broad SMARTS) is 4. The zero-order valence-corrected chi connectivity index (χ0v) is 13.1. The van der Waals surface area contributed by atoms with Gasteiger partial charge in [0, 0.05) is 0 Å². The molecule has 0 spiro atoms. The van der Waals surface area contributed by atoms with E-state index in [1.165, 1.54) is 0 Å². The summed E-state index contributed by atoms with van der Waals surface area (Å²) in [5.74, 6) is -8.82. The molecule has 6 N–H and O–H groups in total. The Kier molecular flexibility index (Phi) is 6.42. The lowest BCUT2D eigenvalue weighted by atomic mass is 10.1. The quantitative estimate of drug-likeness (QED) is 0.424. The predicted octanol–water partition coefficient (Wildman–Crippen LogP) is 1.72. The summed E-state index contributed by atoms with van der Waals surface area (Å²) in [5, 5.41) is 52.2. The highest BCUT2D eigenvalue weighted by Gasteiger charge is 2.22. The first kappa shape index (κ1) is 20.9. The van der Waals surface area contributed by atoms with E-state index in [1.54, 1.807) is 0 Å². The van der Waals surface area contributed by atoms with Crippen LogP contribution < -0.4 is 0 Å². The number of carboxylic acids is 4. The van der Waals surface area contributed by atoms with Gasteiger partial charge in [-0.15, -0.1) is 0 Å². The van der Waals surface area contributed by atoms with Crippen molar-refractivity contribution in [2.24, 2.45) is 0 Å². The van der Waals surface area contributed by atoms with E-state index in [2.05, 4.69) is 0 Å². The first-order chi connectivity index (χ1) is 12.5. The molecule has 0 fully saturated rings. The molecule has 0 aliphatic rings. The van der Waals surface area contributed by atoms with Crippen molar-refractivity contribution in [1.82, 2.24) is 0 Å². The number of aromatic carboxylic acids is 4. The van der Waals surface area contributed by atoms with Crippen LogP contribution in [-0.2, 0) is 0 Å². The van der Waals surface area contributed by atoms with Crippen molar-refractivity contribution in [3.63, 3.8) is 0 Å². The lowest BCUT2D eigenvalue weighted by molar-refractivity contribution is 0.0647. The highest BCUT2D eigenvalue weighted by Crippen LogP contribution is 2.31. The van der Waals surface area contributed by atoms with E-state index in [0.29, 0.717) is 0 Å². The molecule has 2 rings (SSSR count). The first-order valence-corrected chi connectivity index (χ1v) is 6.75. The number of hydrogen-bond donors (Lipinski definition) is 6. The number of phenols is 2. The van der Waals surface area contributed by atoms with E-state index >= 15 is 0 Å². The average molecular weight is 382 g/mol. The minimum Gasteiger partial charge on any atom is -0.504 e. The minimum absolute atomic E-state index is 0.549. The van der Waals surface area contributed by atoms with Crippen LogP contribution in [0.25, 0.3) is 0 Å². The van der Waals surface area contributed by atoms with Gasteiger partial charge in [0.05, 0.1) is 11.1 Å². The molecule has 142 valence electrons. The molecule has 2 aromatic rings. The lowest BCUT2D eigenvalue weighted by Gasteiger charge is -2.04. The third kappa shape index (κ3) is 4.69. The monoisotopic (exact) mass is 382 g/mol. The van der Waals surface area contributed by atoms with Gasteiger partial charge in [-0.1, -0.05) is 6.07 Å². The van der Waals surface area contributed by atoms with E-state index in [1.807, 2.05) is 0 Å². The van der Waals surface area contributed by atoms with Crippen molar-refractivity contribution in [1.29, 1.82) is 0 Å². The fraction of sp³-hybridized carbons (Fsp3) is 0. The SMILES string of the molecule is O=C(O)c1ccc(O)c(O)c1C(=O)O.O=C(O)c1cccc(F)c1C(=O)O. The molecular formula is C16H11FO10. The average Bonchev–Trinajstić information content (AvgIpc) is 2.56. The van der Waals surface area contributed by atoms with Crippen molar-refractivity contribution in [2.75, 3.05) is 0 Å². The van der Waals surface area contributed by atoms with Gasteiger partial charge in [-0.05, 0) is 24.3 Å². The molecule has 0 saturated carbocycles. The number of carbonyl (C=O) groups is 4. The molecule has 0 aliphatic carbocycles. The second-order valence-electron chi connectivity index (χ2n) is 4.74. The van der Waals surface area contributed by atoms with Gasteiger partial charge in [-0.3, -0.25) is 0 Å². The van der Waals surface area contributed by atoms with Crippen LogP contribution in [0.4, 0.5) is 4.39 Å². The Morgan fingerprint density at radius 3 is 1.56 bits per heavy atom. The Morgan fingerprint density at radius 1 is 0.667 bits per heavy atom. The molecule has 0 aromatic heterocycles. The fourth-order valence-electron chi connectivity index (χ4n) is 1.89. The van der Waals surface area contributed by atoms with Crippen LogP contribution in [0.15, 0.2) is 30.3 Å². The molecule has 0 radical (unpaired) electrons. The number of phenolic OH excluding ortho intramolecular Hbond substituents is 1. The molecule has 0 atom stereocenters. The summed E-state index contributed by atoms with van der Waals surface area (Å²) in [7, 11) is 0. The van der Waals surface area contributed by atoms with E-state index in [-0.39, 0.29) is 0 Å². The summed E-state index contributed by atoms with van der Waals surface area (Å²) in [6.07, 6.45) is 0. The van der Waals surface area contributed by atoms with Crippen LogP contribution in [0.1, 0.15) is 41.4 Å². The Hall–Kier alpha value is -4.15. The van der Waals surface area contributed by atoms with Crippen LogP contribution in [0.3, 0.4) is 0 Å². The Labute approximate surface area is 149 Å². The molecule has 0 heterocycles. The molecule has 27 heavy (non-hydrogen) atoms. The molecule has 0 amide bonds. The first-order valence-electron chi connectivity index (χ1n) is 6.75. The summed E-state index contributed by atoms with van der Waals surface area (Å²) < 4.78 is 12.8. The second-order valence-corrected chi connectivity index (χ2v) is 4.74. The lowest BCUT2D eigenvalue weighted by Crippen LogP contribution is -2.10. The molecule has 0 saturated heterocycles. The Morgan fingerprint density at radius 2 is 1.15 bits per heavy atom. The summed E-state index contributed by atoms with van der Waals surface area (Å²) >= 11 is 0. The molecule has 0 unspecified atom stereocenters. The number of halogens is 1. The topological polar surface area (TPSA) is 190 Å². The Balaban J connectivity index is 0.000000271. The minimum atomic E-state index is -1.61. The zero-order valence-electron chi connectivity index (χ0n) is 13.1. The largest absolute Gasteiger partial charge is 0.504 e. The maximum absolute atomic E-state index is 12.8. The third-order valence-corrected chi connectivity index (χ3v) is 3.06. The standard InChI is InChI=1S/C8H5FO4.C8H6O6/c9-5-3-1-2-4(7(10)11)6(5)8(12)13;9-4-2-1-3(7(11)12)5(6(4)10)8(13)14/h1-3H,(H,10,11)(H,12,13);1-2,9-10H,(H,11,12)(H,13,14). The van der Waals surface area contributed by atoms with Gasteiger partial charge >= 0.3 is 23.9 Å².